The summed E-state index contributed by atoms with van der Waals surface area (Å²) >= 11 is 0. The molecular weight excluding hydrogens is 582 g/mol. The number of unbranched alkanes of at least 4 members (excludes halogenated alkanes) is 28. The summed E-state index contributed by atoms with van der Waals surface area (Å²) < 4.78 is 0. The van der Waals surface area contributed by atoms with Crippen LogP contribution in [0.25, 0.3) is 0 Å². The van der Waals surface area contributed by atoms with Crippen LogP contribution in [-0.2, 0) is 4.79 Å². The molecule has 0 aromatic rings. The van der Waals surface area contributed by atoms with E-state index in [9.17, 15) is 20.1 Å². The number of hydrogen-bond donors (Lipinski definition) is 4. The van der Waals surface area contributed by atoms with Gasteiger partial charge in [0.1, 0.15) is 6.10 Å². The Morgan fingerprint density at radius 2 is 0.851 bits per heavy atom. The first-order valence-corrected chi connectivity index (χ1v) is 21.0. The molecule has 0 spiro atoms. The van der Waals surface area contributed by atoms with Crippen LogP contribution in [0, 0.1) is 0 Å². The summed E-state index contributed by atoms with van der Waals surface area (Å²) in [6.07, 6.45) is 43.1. The lowest BCUT2D eigenvalue weighted by atomic mass is 10.0. The van der Waals surface area contributed by atoms with E-state index in [0.717, 1.165) is 38.5 Å². The largest absolute Gasteiger partial charge is 0.394 e. The van der Waals surface area contributed by atoms with E-state index >= 15 is 0 Å². The van der Waals surface area contributed by atoms with Crippen LogP contribution < -0.4 is 5.32 Å². The lowest BCUT2D eigenvalue weighted by Crippen LogP contribution is -2.50. The molecule has 0 aliphatic rings. The molecule has 47 heavy (non-hydrogen) atoms. The molecule has 0 rings (SSSR count). The van der Waals surface area contributed by atoms with E-state index in [4.69, 9.17) is 0 Å². The lowest BCUT2D eigenvalue weighted by Gasteiger charge is -2.26. The molecule has 0 aliphatic heterocycles. The highest BCUT2D eigenvalue weighted by atomic mass is 16.3. The molecule has 0 radical (unpaired) electrons. The first-order valence-electron chi connectivity index (χ1n) is 21.0. The maximum Gasteiger partial charge on any atom is 0.220 e. The second-order valence-corrected chi connectivity index (χ2v) is 14.5. The number of rotatable bonds is 38. The van der Waals surface area contributed by atoms with Crippen LogP contribution in [-0.4, -0.2) is 46.1 Å². The molecule has 0 aliphatic carbocycles. The van der Waals surface area contributed by atoms with Crippen LogP contribution >= 0.6 is 0 Å². The molecule has 0 saturated carbocycles. The topological polar surface area (TPSA) is 89.8 Å². The Labute approximate surface area is 293 Å². The van der Waals surface area contributed by atoms with E-state index in [1.807, 2.05) is 0 Å². The van der Waals surface area contributed by atoms with Crippen LogP contribution in [0.2, 0.25) is 0 Å². The highest BCUT2D eigenvalue weighted by Crippen LogP contribution is 2.16. The maximum absolute atomic E-state index is 12.4. The number of amides is 1. The van der Waals surface area contributed by atoms with Gasteiger partial charge in [-0.1, -0.05) is 193 Å². The van der Waals surface area contributed by atoms with Gasteiger partial charge >= 0.3 is 0 Å². The van der Waals surface area contributed by atoms with Gasteiger partial charge < -0.3 is 20.6 Å². The smallest absolute Gasteiger partial charge is 0.220 e. The van der Waals surface area contributed by atoms with Crippen LogP contribution in [0.1, 0.15) is 226 Å². The Balaban J connectivity index is 3.66. The van der Waals surface area contributed by atoms with Crippen LogP contribution in [0.4, 0.5) is 0 Å². The Hall–Kier alpha value is -0.910. The third-order valence-corrected chi connectivity index (χ3v) is 9.87. The fourth-order valence-electron chi connectivity index (χ4n) is 6.57. The van der Waals surface area contributed by atoms with Crippen molar-refractivity contribution >= 4 is 5.91 Å². The second-order valence-electron chi connectivity index (χ2n) is 14.5. The van der Waals surface area contributed by atoms with Gasteiger partial charge in [-0.3, -0.25) is 4.79 Å². The minimum atomic E-state index is -1.15. The van der Waals surface area contributed by atoms with Crippen molar-refractivity contribution in [3.63, 3.8) is 0 Å². The van der Waals surface area contributed by atoms with Crippen LogP contribution in [0.3, 0.4) is 0 Å². The predicted octanol–water partition coefficient (Wildman–Crippen LogP) is 11.7. The summed E-state index contributed by atoms with van der Waals surface area (Å²) in [6, 6.07) is -0.820. The Bertz CT molecular complexity index is 655. The van der Waals surface area contributed by atoms with Crippen LogP contribution in [0.15, 0.2) is 12.2 Å². The molecule has 0 fully saturated rings. The Kier molecular flexibility index (Phi) is 37.2. The third-order valence-electron chi connectivity index (χ3n) is 9.87. The molecular formula is C42H83NO4. The minimum Gasteiger partial charge on any atom is -0.394 e. The summed E-state index contributed by atoms with van der Waals surface area (Å²) in [7, 11) is 0. The van der Waals surface area contributed by atoms with Gasteiger partial charge in [0.2, 0.25) is 5.91 Å². The normalized spacial score (nSPS) is 13.7. The second kappa shape index (κ2) is 37.9. The molecule has 0 heterocycles. The average molecular weight is 666 g/mol. The zero-order chi connectivity index (χ0) is 34.5. The van der Waals surface area contributed by atoms with Crippen molar-refractivity contribution in [2.24, 2.45) is 0 Å². The fourth-order valence-corrected chi connectivity index (χ4v) is 6.57. The quantitative estimate of drug-likeness (QED) is 0.0390. The highest BCUT2D eigenvalue weighted by Gasteiger charge is 2.26. The van der Waals surface area contributed by atoms with E-state index in [0.29, 0.717) is 12.8 Å². The van der Waals surface area contributed by atoms with Gasteiger partial charge in [0.15, 0.2) is 0 Å². The number of carbonyl (C=O) groups excluding carboxylic acids is 1. The first-order chi connectivity index (χ1) is 23.1. The van der Waals surface area contributed by atoms with Gasteiger partial charge in [-0.05, 0) is 38.5 Å². The molecule has 4 N–H and O–H groups in total. The molecule has 5 heteroatoms. The van der Waals surface area contributed by atoms with Crippen molar-refractivity contribution in [1.29, 1.82) is 0 Å². The molecule has 280 valence electrons. The molecule has 5 nitrogen and oxygen atoms in total. The maximum atomic E-state index is 12.4. The highest BCUT2D eigenvalue weighted by molar-refractivity contribution is 5.76. The monoisotopic (exact) mass is 666 g/mol. The minimum absolute atomic E-state index is 0.151. The van der Waals surface area contributed by atoms with Gasteiger partial charge in [-0.25, -0.2) is 0 Å². The molecule has 3 unspecified atom stereocenters. The van der Waals surface area contributed by atoms with Crippen molar-refractivity contribution in [2.75, 3.05) is 6.61 Å². The summed E-state index contributed by atoms with van der Waals surface area (Å²) in [4.78, 5) is 12.4. The zero-order valence-corrected chi connectivity index (χ0v) is 31.7. The van der Waals surface area contributed by atoms with Crippen molar-refractivity contribution in [3.8, 4) is 0 Å². The van der Waals surface area contributed by atoms with Crippen molar-refractivity contribution in [1.82, 2.24) is 5.32 Å². The Morgan fingerprint density at radius 3 is 1.23 bits per heavy atom. The molecule has 3 atom stereocenters. The molecule has 0 aromatic heterocycles. The van der Waals surface area contributed by atoms with Crippen molar-refractivity contribution in [3.05, 3.63) is 12.2 Å². The number of aliphatic hydroxyl groups excluding tert-OH is 3. The number of allylic oxidation sites excluding steroid dienone is 2. The van der Waals surface area contributed by atoms with E-state index in [-0.39, 0.29) is 12.5 Å². The zero-order valence-electron chi connectivity index (χ0n) is 31.7. The number of aliphatic hydroxyl groups is 3. The molecule has 0 aromatic carbocycles. The SMILES string of the molecule is CCCCCCCCCCCCC/C=C/CCCC(O)C(O)C(CO)NC(=O)CCCCCCCCCCCCCCCCCCC. The van der Waals surface area contributed by atoms with Crippen LogP contribution in [0.5, 0.6) is 0 Å². The number of hydrogen-bond acceptors (Lipinski definition) is 4. The fraction of sp³-hybridized carbons (Fsp3) is 0.929. The van der Waals surface area contributed by atoms with E-state index in [1.165, 1.54) is 161 Å². The van der Waals surface area contributed by atoms with Gasteiger partial charge in [0.05, 0.1) is 18.8 Å². The summed E-state index contributed by atoms with van der Waals surface area (Å²) in [6.45, 7) is 4.17. The lowest BCUT2D eigenvalue weighted by molar-refractivity contribution is -0.124. The molecule has 0 bridgehead atoms. The number of nitrogens with one attached hydrogen (secondary N) is 1. The van der Waals surface area contributed by atoms with Gasteiger partial charge in [-0.2, -0.15) is 0 Å². The van der Waals surface area contributed by atoms with Gasteiger partial charge in [-0.15, -0.1) is 0 Å². The Morgan fingerprint density at radius 1 is 0.511 bits per heavy atom. The van der Waals surface area contributed by atoms with E-state index in [2.05, 4.69) is 31.3 Å². The summed E-state index contributed by atoms with van der Waals surface area (Å²) in [5, 5.41) is 33.4. The molecule has 1 amide bonds. The summed E-state index contributed by atoms with van der Waals surface area (Å²) in [5.41, 5.74) is 0. The van der Waals surface area contributed by atoms with Crippen molar-refractivity contribution in [2.45, 2.75) is 244 Å². The first kappa shape index (κ1) is 46.1. The predicted molar refractivity (Wildman–Crippen MR) is 204 cm³/mol. The van der Waals surface area contributed by atoms with Crippen molar-refractivity contribution < 1.29 is 20.1 Å². The molecule has 0 saturated heterocycles. The average Bonchev–Trinajstić information content (AvgIpc) is 3.07. The van der Waals surface area contributed by atoms with Gasteiger partial charge in [0, 0.05) is 6.42 Å². The van der Waals surface area contributed by atoms with E-state index < -0.39 is 18.2 Å². The van der Waals surface area contributed by atoms with Gasteiger partial charge in [0.25, 0.3) is 0 Å². The number of carbonyl (C=O) groups is 1. The van der Waals surface area contributed by atoms with E-state index in [1.54, 1.807) is 0 Å². The standard InChI is InChI=1S/C42H83NO4/c1-3-5-7-9-11-13-15-17-19-21-23-25-27-29-31-33-35-37-41(46)43-39(38-44)42(47)40(45)36-34-32-30-28-26-24-22-20-18-16-14-12-10-8-6-4-2/h28,30,39-40,42,44-45,47H,3-27,29,31-38H2,1-2H3,(H,43,46)/b30-28+. The summed E-state index contributed by atoms with van der Waals surface area (Å²) in [5.74, 6) is -0.151. The third kappa shape index (κ3) is 33.4.